The number of nitrogens with zero attached hydrogens (tertiary/aromatic N) is 2. The van der Waals surface area contributed by atoms with Crippen LogP contribution in [-0.4, -0.2) is 47.2 Å². The lowest BCUT2D eigenvalue weighted by Gasteiger charge is -2.41. The van der Waals surface area contributed by atoms with Crippen molar-refractivity contribution in [2.75, 3.05) is 26.2 Å². The Morgan fingerprint density at radius 2 is 1.75 bits per heavy atom. The molecule has 128 valence electrons. The van der Waals surface area contributed by atoms with Crippen LogP contribution in [-0.2, 0) is 13.1 Å². The second-order valence-corrected chi connectivity index (χ2v) is 6.85. The Labute approximate surface area is 145 Å². The third-order valence-corrected chi connectivity index (χ3v) is 4.87. The highest BCUT2D eigenvalue weighted by Gasteiger charge is 2.26. The Balaban J connectivity index is 1.62. The van der Waals surface area contributed by atoms with E-state index in [9.17, 15) is 5.11 Å². The molecule has 3 rings (SSSR count). The fourth-order valence-corrected chi connectivity index (χ4v) is 3.62. The second kappa shape index (κ2) is 8.43. The van der Waals surface area contributed by atoms with Crippen LogP contribution in [0.4, 0.5) is 0 Å². The first-order valence-corrected chi connectivity index (χ1v) is 8.91. The zero-order valence-corrected chi connectivity index (χ0v) is 14.6. The molecule has 24 heavy (non-hydrogen) atoms. The van der Waals surface area contributed by atoms with Gasteiger partial charge in [-0.15, -0.1) is 0 Å². The van der Waals surface area contributed by atoms with E-state index in [0.29, 0.717) is 6.04 Å². The van der Waals surface area contributed by atoms with E-state index in [0.717, 1.165) is 39.1 Å². The average Bonchev–Trinajstić information content (AvgIpc) is 2.58. The Hall–Kier alpha value is -1.68. The van der Waals surface area contributed by atoms with Crippen LogP contribution in [0, 0.1) is 6.92 Å². The van der Waals surface area contributed by atoms with Crippen LogP contribution in [0.2, 0.25) is 0 Å². The summed E-state index contributed by atoms with van der Waals surface area (Å²) in [4.78, 5) is 5.05. The van der Waals surface area contributed by atoms with E-state index in [1.54, 1.807) is 0 Å². The molecule has 0 unspecified atom stereocenters. The highest BCUT2D eigenvalue weighted by molar-refractivity contribution is 5.22. The van der Waals surface area contributed by atoms with Gasteiger partial charge in [-0.25, -0.2) is 0 Å². The fraction of sp³-hybridized carbons (Fsp3) is 0.429. The normalized spacial score (nSPS) is 19.5. The van der Waals surface area contributed by atoms with Crippen molar-refractivity contribution in [1.82, 2.24) is 9.80 Å². The van der Waals surface area contributed by atoms with Crippen LogP contribution in [0.3, 0.4) is 0 Å². The minimum absolute atomic E-state index is 0.258. The molecule has 0 aromatic heterocycles. The average molecular weight is 324 g/mol. The lowest BCUT2D eigenvalue weighted by molar-refractivity contribution is 0.0500. The minimum Gasteiger partial charge on any atom is -0.396 e. The van der Waals surface area contributed by atoms with Crippen LogP contribution in [0.25, 0.3) is 0 Å². The smallest absolute Gasteiger partial charge is 0.0446 e. The molecule has 3 heteroatoms. The second-order valence-electron chi connectivity index (χ2n) is 6.85. The largest absolute Gasteiger partial charge is 0.396 e. The molecule has 0 aliphatic carbocycles. The van der Waals surface area contributed by atoms with E-state index in [-0.39, 0.29) is 6.61 Å². The third-order valence-electron chi connectivity index (χ3n) is 4.87. The molecule has 0 saturated carbocycles. The van der Waals surface area contributed by atoms with Gasteiger partial charge in [0.15, 0.2) is 0 Å². The summed E-state index contributed by atoms with van der Waals surface area (Å²) >= 11 is 0. The van der Waals surface area contributed by atoms with Crippen molar-refractivity contribution in [2.24, 2.45) is 0 Å². The number of hydrogen-bond donors (Lipinski definition) is 1. The summed E-state index contributed by atoms with van der Waals surface area (Å²) in [5.74, 6) is 0. The van der Waals surface area contributed by atoms with Gasteiger partial charge in [0.1, 0.15) is 0 Å². The Kier molecular flexibility index (Phi) is 6.02. The molecule has 0 spiro atoms. The Bertz CT molecular complexity index is 629. The third kappa shape index (κ3) is 4.67. The van der Waals surface area contributed by atoms with Gasteiger partial charge in [-0.3, -0.25) is 9.80 Å². The zero-order valence-electron chi connectivity index (χ0n) is 14.6. The van der Waals surface area contributed by atoms with Gasteiger partial charge in [-0.2, -0.15) is 0 Å². The number of aryl methyl sites for hydroxylation is 1. The standard InChI is InChI=1S/C21H28N2O/c1-18-6-5-9-20(14-18)15-22-11-12-23(21(17-22)10-13-24)16-19-7-3-2-4-8-19/h2-9,14,21,24H,10-13,15-17H2,1H3/t21-/m1/s1. The van der Waals surface area contributed by atoms with Crippen LogP contribution in [0.5, 0.6) is 0 Å². The lowest BCUT2D eigenvalue weighted by Crippen LogP contribution is -2.52. The quantitative estimate of drug-likeness (QED) is 0.885. The van der Waals surface area contributed by atoms with E-state index >= 15 is 0 Å². The molecule has 2 aromatic carbocycles. The van der Waals surface area contributed by atoms with Gasteiger partial charge in [-0.1, -0.05) is 60.2 Å². The maximum absolute atomic E-state index is 9.47. The summed E-state index contributed by atoms with van der Waals surface area (Å²) in [5.41, 5.74) is 4.06. The summed E-state index contributed by atoms with van der Waals surface area (Å²) in [6, 6.07) is 19.8. The van der Waals surface area contributed by atoms with Crippen molar-refractivity contribution in [3.05, 3.63) is 71.3 Å². The predicted molar refractivity (Wildman–Crippen MR) is 98.8 cm³/mol. The molecule has 2 aromatic rings. The number of hydrogen-bond acceptors (Lipinski definition) is 3. The van der Waals surface area contributed by atoms with Crippen molar-refractivity contribution in [2.45, 2.75) is 32.5 Å². The first kappa shape index (κ1) is 17.2. The maximum Gasteiger partial charge on any atom is 0.0446 e. The predicted octanol–water partition coefficient (Wildman–Crippen LogP) is 3.06. The SMILES string of the molecule is Cc1cccc(CN2CCN(Cc3ccccc3)[C@H](CCO)C2)c1. The molecule has 1 aliphatic rings. The van der Waals surface area contributed by atoms with E-state index in [1.807, 2.05) is 0 Å². The fourth-order valence-electron chi connectivity index (χ4n) is 3.62. The van der Waals surface area contributed by atoms with Gasteiger partial charge in [0.2, 0.25) is 0 Å². The molecule has 1 N–H and O–H groups in total. The molecule has 0 amide bonds. The number of aliphatic hydroxyl groups is 1. The van der Waals surface area contributed by atoms with Crippen molar-refractivity contribution in [1.29, 1.82) is 0 Å². The van der Waals surface area contributed by atoms with Crippen molar-refractivity contribution < 1.29 is 5.11 Å². The van der Waals surface area contributed by atoms with Gasteiger partial charge in [-0.05, 0) is 24.5 Å². The molecule has 3 nitrogen and oxygen atoms in total. The summed E-state index contributed by atoms with van der Waals surface area (Å²) < 4.78 is 0. The topological polar surface area (TPSA) is 26.7 Å². The van der Waals surface area contributed by atoms with Crippen LogP contribution < -0.4 is 0 Å². The lowest BCUT2D eigenvalue weighted by atomic mass is 10.1. The highest BCUT2D eigenvalue weighted by atomic mass is 16.3. The first-order chi connectivity index (χ1) is 11.7. The van der Waals surface area contributed by atoms with Crippen LogP contribution >= 0.6 is 0 Å². The molecule has 1 atom stereocenters. The van der Waals surface area contributed by atoms with Crippen LogP contribution in [0.15, 0.2) is 54.6 Å². The molecule has 0 radical (unpaired) electrons. The van der Waals surface area contributed by atoms with Gasteiger partial charge >= 0.3 is 0 Å². The highest BCUT2D eigenvalue weighted by Crippen LogP contribution is 2.18. The summed E-state index contributed by atoms with van der Waals surface area (Å²) in [7, 11) is 0. The summed E-state index contributed by atoms with van der Waals surface area (Å²) in [5, 5.41) is 9.47. The van der Waals surface area contributed by atoms with E-state index < -0.39 is 0 Å². The molecular weight excluding hydrogens is 296 g/mol. The van der Waals surface area contributed by atoms with Crippen molar-refractivity contribution >= 4 is 0 Å². The van der Waals surface area contributed by atoms with Crippen molar-refractivity contribution in [3.63, 3.8) is 0 Å². The Morgan fingerprint density at radius 1 is 0.958 bits per heavy atom. The van der Waals surface area contributed by atoms with Gasteiger partial charge < -0.3 is 5.11 Å². The zero-order chi connectivity index (χ0) is 16.8. The molecule has 0 bridgehead atoms. The van der Waals surface area contributed by atoms with Crippen molar-refractivity contribution in [3.8, 4) is 0 Å². The number of piperazine rings is 1. The molecule has 1 fully saturated rings. The van der Waals surface area contributed by atoms with Gasteiger partial charge in [0.25, 0.3) is 0 Å². The molecule has 1 saturated heterocycles. The van der Waals surface area contributed by atoms with Gasteiger partial charge in [0, 0.05) is 45.4 Å². The summed E-state index contributed by atoms with van der Waals surface area (Å²) in [6.07, 6.45) is 0.844. The van der Waals surface area contributed by atoms with E-state index in [1.165, 1.54) is 16.7 Å². The first-order valence-electron chi connectivity index (χ1n) is 8.91. The molecule has 1 aliphatic heterocycles. The van der Waals surface area contributed by atoms with Gasteiger partial charge in [0.05, 0.1) is 0 Å². The number of aliphatic hydroxyl groups excluding tert-OH is 1. The maximum atomic E-state index is 9.47. The van der Waals surface area contributed by atoms with E-state index in [2.05, 4.69) is 71.3 Å². The van der Waals surface area contributed by atoms with Crippen LogP contribution in [0.1, 0.15) is 23.1 Å². The summed E-state index contributed by atoms with van der Waals surface area (Å²) in [6.45, 7) is 7.56. The molecular formula is C21H28N2O. The number of benzene rings is 2. The minimum atomic E-state index is 0.258. The monoisotopic (exact) mass is 324 g/mol. The Morgan fingerprint density at radius 3 is 2.50 bits per heavy atom. The van der Waals surface area contributed by atoms with E-state index in [4.69, 9.17) is 0 Å². The number of rotatable bonds is 6. The molecule has 1 heterocycles.